The summed E-state index contributed by atoms with van der Waals surface area (Å²) >= 11 is 0. The van der Waals surface area contributed by atoms with Gasteiger partial charge in [-0.15, -0.1) is 0 Å². The molecule has 0 bridgehead atoms. The number of ether oxygens (including phenoxy) is 1. The van der Waals surface area contributed by atoms with Gasteiger partial charge in [0.15, 0.2) is 0 Å². The first-order valence-corrected chi connectivity index (χ1v) is 10.5. The minimum atomic E-state index is -0.877. The van der Waals surface area contributed by atoms with Crippen molar-refractivity contribution in [1.29, 1.82) is 0 Å². The average Bonchev–Trinajstić information content (AvgIpc) is 3.06. The van der Waals surface area contributed by atoms with Crippen molar-refractivity contribution < 1.29 is 24.5 Å². The maximum atomic E-state index is 13.3. The fraction of sp³-hybridized carbons (Fsp3) is 0.185. The first kappa shape index (κ1) is 22.1. The number of rotatable bonds is 4. The second-order valence-corrected chi connectivity index (χ2v) is 8.23. The predicted octanol–water partition coefficient (Wildman–Crippen LogP) is 4.95. The Balaban J connectivity index is 1.99. The number of aliphatic hydroxyl groups is 1. The van der Waals surface area contributed by atoms with Crippen LogP contribution in [0.1, 0.15) is 33.9 Å². The fourth-order valence-corrected chi connectivity index (χ4v) is 4.10. The molecule has 1 aliphatic rings. The highest BCUT2D eigenvalue weighted by molar-refractivity contribution is 6.51. The Morgan fingerprint density at radius 1 is 0.909 bits per heavy atom. The van der Waals surface area contributed by atoms with E-state index < -0.39 is 17.7 Å². The molecule has 1 amide bonds. The topological polar surface area (TPSA) is 87.1 Å². The van der Waals surface area contributed by atoms with Crippen LogP contribution in [0, 0.1) is 20.8 Å². The third kappa shape index (κ3) is 3.84. The molecule has 0 radical (unpaired) electrons. The van der Waals surface area contributed by atoms with Gasteiger partial charge in [0, 0.05) is 5.69 Å². The number of phenols is 1. The number of amides is 1. The first-order chi connectivity index (χ1) is 15.7. The molecule has 1 aliphatic heterocycles. The molecule has 3 aromatic carbocycles. The van der Waals surface area contributed by atoms with Gasteiger partial charge in [0.2, 0.25) is 0 Å². The third-order valence-corrected chi connectivity index (χ3v) is 6.03. The van der Waals surface area contributed by atoms with Gasteiger partial charge in [0.1, 0.15) is 17.3 Å². The Bertz CT molecular complexity index is 1290. The number of ketones is 1. The lowest BCUT2D eigenvalue weighted by Gasteiger charge is -2.26. The largest absolute Gasteiger partial charge is 0.508 e. The molecule has 1 unspecified atom stereocenters. The van der Waals surface area contributed by atoms with Crippen LogP contribution in [0.2, 0.25) is 0 Å². The summed E-state index contributed by atoms with van der Waals surface area (Å²) in [6, 6.07) is 16.2. The van der Waals surface area contributed by atoms with Crippen molar-refractivity contribution in [3.63, 3.8) is 0 Å². The number of aromatic hydroxyl groups is 1. The molecule has 0 aromatic heterocycles. The SMILES string of the molecule is COc1ccc(C)cc1/C(O)=C1\C(=O)C(=O)N(c2ccc(C)c(C)c2)C1c1ccc(O)cc1. The zero-order chi connectivity index (χ0) is 23.9. The van der Waals surface area contributed by atoms with Gasteiger partial charge in [-0.05, 0) is 73.9 Å². The Kier molecular flexibility index (Phi) is 5.68. The zero-order valence-corrected chi connectivity index (χ0v) is 18.9. The van der Waals surface area contributed by atoms with Crippen molar-refractivity contribution >= 4 is 23.1 Å². The summed E-state index contributed by atoms with van der Waals surface area (Å²) in [5, 5.41) is 21.1. The maximum absolute atomic E-state index is 13.3. The molecule has 6 heteroatoms. The summed E-state index contributed by atoms with van der Waals surface area (Å²) in [4.78, 5) is 28.0. The van der Waals surface area contributed by atoms with E-state index in [4.69, 9.17) is 4.74 Å². The van der Waals surface area contributed by atoms with Crippen LogP contribution in [-0.4, -0.2) is 29.0 Å². The molecular formula is C27H25NO5. The van der Waals surface area contributed by atoms with Crippen LogP contribution in [-0.2, 0) is 9.59 Å². The molecule has 2 N–H and O–H groups in total. The monoisotopic (exact) mass is 443 g/mol. The highest BCUT2D eigenvalue weighted by Crippen LogP contribution is 2.43. The smallest absolute Gasteiger partial charge is 0.300 e. The Morgan fingerprint density at radius 2 is 1.61 bits per heavy atom. The number of carbonyl (C=O) groups excluding carboxylic acids is 2. The van der Waals surface area contributed by atoms with E-state index in [0.29, 0.717) is 22.6 Å². The lowest BCUT2D eigenvalue weighted by Crippen LogP contribution is -2.29. The molecule has 1 saturated heterocycles. The number of aliphatic hydroxyl groups excluding tert-OH is 1. The van der Waals surface area contributed by atoms with E-state index in [1.807, 2.05) is 39.0 Å². The van der Waals surface area contributed by atoms with Crippen LogP contribution in [0.15, 0.2) is 66.2 Å². The van der Waals surface area contributed by atoms with E-state index in [1.54, 1.807) is 30.3 Å². The van der Waals surface area contributed by atoms with E-state index in [2.05, 4.69) is 0 Å². The molecule has 4 rings (SSSR count). The second-order valence-electron chi connectivity index (χ2n) is 8.23. The third-order valence-electron chi connectivity index (χ3n) is 6.03. The number of phenolic OH excluding ortho intramolecular Hbond substituents is 1. The maximum Gasteiger partial charge on any atom is 0.300 e. The van der Waals surface area contributed by atoms with Crippen LogP contribution in [0.5, 0.6) is 11.5 Å². The summed E-state index contributed by atoms with van der Waals surface area (Å²) in [5.41, 5.74) is 4.32. The van der Waals surface area contributed by atoms with Crippen LogP contribution in [0.3, 0.4) is 0 Å². The molecule has 0 aliphatic carbocycles. The van der Waals surface area contributed by atoms with Gasteiger partial charge in [0.25, 0.3) is 11.7 Å². The standard InChI is InChI=1S/C27H25NO5/c1-15-5-12-22(33-4)21(13-15)25(30)23-24(18-7-10-20(29)11-8-18)28(27(32)26(23)31)19-9-6-16(2)17(3)14-19/h5-14,24,29-30H,1-4H3/b25-23+. The average molecular weight is 443 g/mol. The highest BCUT2D eigenvalue weighted by Gasteiger charge is 2.47. The van der Waals surface area contributed by atoms with E-state index in [-0.39, 0.29) is 17.1 Å². The van der Waals surface area contributed by atoms with E-state index in [0.717, 1.165) is 16.7 Å². The molecule has 6 nitrogen and oxygen atoms in total. The van der Waals surface area contributed by atoms with Crippen molar-refractivity contribution in [2.75, 3.05) is 12.0 Å². The van der Waals surface area contributed by atoms with Gasteiger partial charge >= 0.3 is 0 Å². The molecule has 1 fully saturated rings. The number of hydrogen-bond donors (Lipinski definition) is 2. The number of aryl methyl sites for hydroxylation is 3. The van der Waals surface area contributed by atoms with Gasteiger partial charge in [0.05, 0.1) is 24.3 Å². The molecule has 168 valence electrons. The Labute approximate surface area is 192 Å². The van der Waals surface area contributed by atoms with Crippen molar-refractivity contribution in [1.82, 2.24) is 0 Å². The normalized spacial score (nSPS) is 17.5. The van der Waals surface area contributed by atoms with Crippen LogP contribution >= 0.6 is 0 Å². The number of anilines is 1. The molecular weight excluding hydrogens is 418 g/mol. The zero-order valence-electron chi connectivity index (χ0n) is 18.9. The van der Waals surface area contributed by atoms with E-state index >= 15 is 0 Å². The number of methoxy groups -OCH3 is 1. The lowest BCUT2D eigenvalue weighted by atomic mass is 9.94. The van der Waals surface area contributed by atoms with Gasteiger partial charge in [-0.2, -0.15) is 0 Å². The lowest BCUT2D eigenvalue weighted by molar-refractivity contribution is -0.132. The summed E-state index contributed by atoms with van der Waals surface area (Å²) in [7, 11) is 1.48. The van der Waals surface area contributed by atoms with Crippen molar-refractivity contribution in [2.24, 2.45) is 0 Å². The highest BCUT2D eigenvalue weighted by atomic mass is 16.5. The fourth-order valence-electron chi connectivity index (χ4n) is 4.10. The first-order valence-electron chi connectivity index (χ1n) is 10.5. The van der Waals surface area contributed by atoms with E-state index in [9.17, 15) is 19.8 Å². The number of benzene rings is 3. The number of hydrogen-bond acceptors (Lipinski definition) is 5. The van der Waals surface area contributed by atoms with E-state index in [1.165, 1.54) is 24.1 Å². The van der Waals surface area contributed by atoms with Crippen molar-refractivity contribution in [3.05, 3.63) is 94.1 Å². The Hall–Kier alpha value is -4.06. The second kappa shape index (κ2) is 8.47. The molecule has 3 aromatic rings. The van der Waals surface area contributed by atoms with Crippen LogP contribution in [0.4, 0.5) is 5.69 Å². The predicted molar refractivity (Wildman–Crippen MR) is 127 cm³/mol. The summed E-state index contributed by atoms with van der Waals surface area (Å²) in [6.07, 6.45) is 0. The minimum Gasteiger partial charge on any atom is -0.508 e. The number of carbonyl (C=O) groups is 2. The van der Waals surface area contributed by atoms with Crippen molar-refractivity contribution in [3.8, 4) is 11.5 Å². The summed E-state index contributed by atoms with van der Waals surface area (Å²) in [6.45, 7) is 5.76. The Morgan fingerprint density at radius 3 is 2.24 bits per heavy atom. The summed E-state index contributed by atoms with van der Waals surface area (Å²) < 4.78 is 5.40. The molecule has 0 saturated carbocycles. The number of nitrogens with zero attached hydrogens (tertiary/aromatic N) is 1. The van der Waals surface area contributed by atoms with Crippen LogP contribution < -0.4 is 9.64 Å². The van der Waals surface area contributed by atoms with Crippen molar-refractivity contribution in [2.45, 2.75) is 26.8 Å². The molecule has 1 atom stereocenters. The molecule has 0 spiro atoms. The van der Waals surface area contributed by atoms with Gasteiger partial charge in [-0.25, -0.2) is 0 Å². The quantitative estimate of drug-likeness (QED) is 0.338. The number of Topliss-reactive ketones (excluding diaryl/α,β-unsaturated/α-hetero) is 1. The van der Waals surface area contributed by atoms with Gasteiger partial charge in [-0.1, -0.05) is 29.8 Å². The summed E-state index contributed by atoms with van der Waals surface area (Å²) in [5.74, 6) is -1.38. The van der Waals surface area contributed by atoms with Gasteiger partial charge in [-0.3, -0.25) is 14.5 Å². The van der Waals surface area contributed by atoms with Gasteiger partial charge < -0.3 is 14.9 Å². The molecule has 33 heavy (non-hydrogen) atoms. The molecule has 1 heterocycles. The van der Waals surface area contributed by atoms with Crippen LogP contribution in [0.25, 0.3) is 5.76 Å². The minimum absolute atomic E-state index is 0.0344.